The zero-order valence-corrected chi connectivity index (χ0v) is 25.9. The van der Waals surface area contributed by atoms with Crippen LogP contribution in [0.25, 0.3) is 0 Å². The minimum atomic E-state index is -1.22. The van der Waals surface area contributed by atoms with E-state index in [-0.39, 0.29) is 23.7 Å². The second kappa shape index (κ2) is 11.5. The van der Waals surface area contributed by atoms with Crippen LogP contribution in [0, 0.1) is 16.7 Å². The summed E-state index contributed by atoms with van der Waals surface area (Å²) in [6.45, 7) is 8.74. The summed E-state index contributed by atoms with van der Waals surface area (Å²) < 4.78 is 17.4. The van der Waals surface area contributed by atoms with Crippen molar-refractivity contribution in [2.75, 3.05) is 39.9 Å². The number of benzene rings is 1. The van der Waals surface area contributed by atoms with Crippen molar-refractivity contribution in [1.29, 1.82) is 0 Å². The first-order chi connectivity index (χ1) is 21.0. The summed E-state index contributed by atoms with van der Waals surface area (Å²) in [4.78, 5) is 44.6. The lowest BCUT2D eigenvalue weighted by Gasteiger charge is -2.54. The van der Waals surface area contributed by atoms with Crippen LogP contribution in [0.1, 0.15) is 45.6 Å². The highest BCUT2D eigenvalue weighted by atomic mass is 16.6. The van der Waals surface area contributed by atoms with Crippen LogP contribution in [0.15, 0.2) is 64.6 Å². The molecule has 2 saturated heterocycles. The number of Topliss-reactive ketones (excluding diaryl/α,β-unsaturated/α-hetero) is 1. The molecule has 1 saturated carbocycles. The fraction of sp³-hybridized carbons (Fsp3) is 0.559. The minimum absolute atomic E-state index is 0.00673. The molecule has 3 fully saturated rings. The number of carbonyl (C=O) groups is 3. The molecule has 2 heterocycles. The number of ketones is 1. The Balaban J connectivity index is 1.40. The number of piperazine rings is 1. The molecule has 0 bridgehead atoms. The summed E-state index contributed by atoms with van der Waals surface area (Å²) in [5, 5.41) is 22.7. The van der Waals surface area contributed by atoms with Crippen LogP contribution in [-0.2, 0) is 35.1 Å². The smallest absolute Gasteiger partial charge is 0.340 e. The number of esters is 2. The van der Waals surface area contributed by atoms with Gasteiger partial charge < -0.3 is 29.3 Å². The summed E-state index contributed by atoms with van der Waals surface area (Å²) in [5.41, 5.74) is 0.501. The molecule has 0 spiro atoms. The van der Waals surface area contributed by atoms with Crippen molar-refractivity contribution in [3.05, 3.63) is 70.1 Å². The first-order valence-electron chi connectivity index (χ1n) is 15.5. The molecule has 0 radical (unpaired) electrons. The van der Waals surface area contributed by atoms with Gasteiger partial charge in [-0.05, 0) is 43.2 Å². The monoisotopic (exact) mass is 606 g/mol. The molecule has 2 aliphatic heterocycles. The average molecular weight is 607 g/mol. The van der Waals surface area contributed by atoms with Gasteiger partial charge >= 0.3 is 11.9 Å². The number of hydrogen-bond donors (Lipinski definition) is 2. The predicted octanol–water partition coefficient (Wildman–Crippen LogP) is 3.07. The largest absolute Gasteiger partial charge is 0.504 e. The second-order valence-electron chi connectivity index (χ2n) is 13.2. The van der Waals surface area contributed by atoms with Gasteiger partial charge in [-0.1, -0.05) is 37.3 Å². The molecule has 236 valence electrons. The molecule has 6 atom stereocenters. The highest BCUT2D eigenvalue weighted by Crippen LogP contribution is 2.63. The number of hydrogen-bond acceptors (Lipinski definition) is 10. The number of allylic oxidation sites excluding steroid dienone is 1. The van der Waals surface area contributed by atoms with Gasteiger partial charge in [0.25, 0.3) is 0 Å². The van der Waals surface area contributed by atoms with Crippen molar-refractivity contribution < 1.29 is 38.8 Å². The van der Waals surface area contributed by atoms with Crippen LogP contribution in [0.5, 0.6) is 0 Å². The fourth-order valence-corrected chi connectivity index (χ4v) is 8.35. The van der Waals surface area contributed by atoms with Crippen LogP contribution >= 0.6 is 0 Å². The third kappa shape index (κ3) is 4.87. The third-order valence-electron chi connectivity index (χ3n) is 10.6. The van der Waals surface area contributed by atoms with E-state index < -0.39 is 52.6 Å². The summed E-state index contributed by atoms with van der Waals surface area (Å²) >= 11 is 0. The van der Waals surface area contributed by atoms with Gasteiger partial charge in [0.05, 0.1) is 23.7 Å². The molecule has 5 aliphatic rings. The van der Waals surface area contributed by atoms with Crippen molar-refractivity contribution in [3.63, 3.8) is 0 Å². The lowest BCUT2D eigenvalue weighted by Crippen LogP contribution is -2.57. The van der Waals surface area contributed by atoms with Gasteiger partial charge in [-0.25, -0.2) is 4.79 Å². The molecular weight excluding hydrogens is 564 g/mol. The van der Waals surface area contributed by atoms with Crippen LogP contribution in [0.2, 0.25) is 0 Å². The molecule has 1 aromatic carbocycles. The lowest BCUT2D eigenvalue weighted by atomic mass is 9.53. The SMILES string of the molecule is COC[C@H]1OC(=O)/C(=C/N2CCN(Cc3ccccc3)CC2)C2=C(O)C(=O)C3=C([C@H](OC(C)=O)C[C@]4(C)[C@@H](O)CC[C@@H]34)[C@]21C. The van der Waals surface area contributed by atoms with Crippen molar-refractivity contribution in [1.82, 2.24) is 9.80 Å². The quantitative estimate of drug-likeness (QED) is 0.369. The van der Waals surface area contributed by atoms with Crippen molar-refractivity contribution in [2.24, 2.45) is 16.7 Å². The van der Waals surface area contributed by atoms with Gasteiger partial charge in [0.15, 0.2) is 5.76 Å². The van der Waals surface area contributed by atoms with Crippen LogP contribution in [0.4, 0.5) is 0 Å². The molecule has 2 N–H and O–H groups in total. The Kier molecular flexibility index (Phi) is 7.96. The number of methoxy groups -OCH3 is 1. The van der Waals surface area contributed by atoms with Crippen LogP contribution < -0.4 is 0 Å². The number of aliphatic hydroxyl groups excluding tert-OH is 2. The van der Waals surface area contributed by atoms with Gasteiger partial charge in [0, 0.05) is 69.5 Å². The normalized spacial score (nSPS) is 34.9. The van der Waals surface area contributed by atoms with Gasteiger partial charge in [-0.2, -0.15) is 0 Å². The Hall–Kier alpha value is -3.47. The maximum atomic E-state index is 14.2. The molecule has 10 heteroatoms. The van der Waals surface area contributed by atoms with E-state index in [9.17, 15) is 24.6 Å². The molecular formula is C34H42N2O8. The molecule has 3 aliphatic carbocycles. The maximum Gasteiger partial charge on any atom is 0.340 e. The maximum absolute atomic E-state index is 14.2. The number of ether oxygens (including phenoxy) is 3. The van der Waals surface area contributed by atoms with Gasteiger partial charge in [-0.15, -0.1) is 0 Å². The summed E-state index contributed by atoms with van der Waals surface area (Å²) in [7, 11) is 1.50. The Morgan fingerprint density at radius 1 is 1.11 bits per heavy atom. The number of rotatable bonds is 6. The van der Waals surface area contributed by atoms with E-state index in [0.29, 0.717) is 43.5 Å². The number of fused-ring (bicyclic) bond motifs is 4. The average Bonchev–Trinajstić information content (AvgIpc) is 3.28. The van der Waals surface area contributed by atoms with E-state index in [1.807, 2.05) is 36.9 Å². The van der Waals surface area contributed by atoms with Crippen molar-refractivity contribution in [3.8, 4) is 0 Å². The summed E-state index contributed by atoms with van der Waals surface area (Å²) in [6, 6.07) is 10.3. The Bertz CT molecular complexity index is 1440. The molecule has 1 aromatic rings. The van der Waals surface area contributed by atoms with E-state index in [2.05, 4.69) is 17.0 Å². The molecule has 10 nitrogen and oxygen atoms in total. The predicted molar refractivity (Wildman–Crippen MR) is 160 cm³/mol. The molecule has 6 rings (SSSR count). The van der Waals surface area contributed by atoms with Gasteiger partial charge in [0.2, 0.25) is 5.78 Å². The number of cyclic esters (lactones) is 1. The zero-order valence-electron chi connectivity index (χ0n) is 25.9. The Morgan fingerprint density at radius 2 is 1.82 bits per heavy atom. The Morgan fingerprint density at radius 3 is 2.48 bits per heavy atom. The van der Waals surface area contributed by atoms with Gasteiger partial charge in [-0.3, -0.25) is 14.5 Å². The molecule has 0 unspecified atom stereocenters. The standard InChI is InChI=1S/C34H42N2O8/c1-20(37)43-24-16-33(2)23(10-11-25(33)38)27-29(24)34(3)26(19-42-4)44-32(41)22(28(34)31(40)30(27)39)18-36-14-12-35(13-15-36)17-21-8-6-5-7-9-21/h5-9,18,23-26,38,40H,10-17,19H2,1-4H3/b22-18+/t23-,24+,25-,26+,33-,34-/m0/s1. The second-order valence-corrected chi connectivity index (χ2v) is 13.2. The van der Waals surface area contributed by atoms with Crippen LogP contribution in [0.3, 0.4) is 0 Å². The fourth-order valence-electron chi connectivity index (χ4n) is 8.35. The van der Waals surface area contributed by atoms with Crippen molar-refractivity contribution in [2.45, 2.75) is 64.9 Å². The van der Waals surface area contributed by atoms with Crippen LogP contribution in [-0.4, -0.2) is 95.9 Å². The molecule has 44 heavy (non-hydrogen) atoms. The number of carbonyl (C=O) groups excluding carboxylic acids is 3. The van der Waals surface area contributed by atoms with Crippen molar-refractivity contribution >= 4 is 17.7 Å². The Labute approximate surface area is 257 Å². The van der Waals surface area contributed by atoms with E-state index >= 15 is 0 Å². The van der Waals surface area contributed by atoms with E-state index in [4.69, 9.17) is 14.2 Å². The van der Waals surface area contributed by atoms with E-state index in [1.54, 1.807) is 6.20 Å². The minimum Gasteiger partial charge on any atom is -0.504 e. The first-order valence-corrected chi connectivity index (χ1v) is 15.5. The highest BCUT2D eigenvalue weighted by molar-refractivity contribution is 6.13. The third-order valence-corrected chi connectivity index (χ3v) is 10.6. The zero-order chi connectivity index (χ0) is 31.4. The first kappa shape index (κ1) is 30.6. The summed E-state index contributed by atoms with van der Waals surface area (Å²) in [6.07, 6.45) is 0.632. The topological polar surface area (TPSA) is 126 Å². The molecule has 0 amide bonds. The van der Waals surface area contributed by atoms with Gasteiger partial charge in [0.1, 0.15) is 12.2 Å². The van der Waals surface area contributed by atoms with E-state index in [0.717, 1.165) is 19.6 Å². The number of nitrogens with zero attached hydrogens (tertiary/aromatic N) is 2. The summed E-state index contributed by atoms with van der Waals surface area (Å²) in [5.74, 6) is -2.59. The highest BCUT2D eigenvalue weighted by Gasteiger charge is 2.64. The van der Waals surface area contributed by atoms with E-state index in [1.165, 1.54) is 19.6 Å². The number of aliphatic hydroxyl groups is 2. The molecule has 0 aromatic heterocycles. The lowest BCUT2D eigenvalue weighted by molar-refractivity contribution is -0.161.